The highest BCUT2D eigenvalue weighted by atomic mass is 32.1. The topological polar surface area (TPSA) is 42.2 Å². The Morgan fingerprint density at radius 1 is 0.938 bits per heavy atom. The Balaban J connectivity index is 1.14. The molecule has 5 heteroatoms. The normalized spacial score (nSPS) is 15.4. The van der Waals surface area contributed by atoms with Crippen LogP contribution in [0.3, 0.4) is 0 Å². The van der Waals surface area contributed by atoms with Crippen molar-refractivity contribution in [3.05, 3.63) is 94.5 Å². The van der Waals surface area contributed by atoms with Crippen molar-refractivity contribution in [2.75, 3.05) is 19.6 Å². The predicted octanol–water partition coefficient (Wildman–Crippen LogP) is 6.27. The van der Waals surface area contributed by atoms with Crippen LogP contribution in [-0.2, 0) is 6.42 Å². The lowest BCUT2D eigenvalue weighted by molar-refractivity contribution is 0.174. The second-order valence-electron chi connectivity index (χ2n) is 8.68. The standard InChI is InChI=1S/C27H29N3OS/c1-3-7-22(8-4-1)25(23-9-5-2-6-10-23)13-17-30-15-11-21(12-16-30)19-26-28-27(29-31-26)24-14-18-32-20-24/h1-10,14,18,20-21,25H,11-13,15-17,19H2. The summed E-state index contributed by atoms with van der Waals surface area (Å²) in [5.41, 5.74) is 3.86. The van der Waals surface area contributed by atoms with Crippen LogP contribution in [0.15, 0.2) is 82.0 Å². The van der Waals surface area contributed by atoms with Crippen LogP contribution in [0.4, 0.5) is 0 Å². The quantitative estimate of drug-likeness (QED) is 0.322. The third kappa shape index (κ3) is 5.17. The smallest absolute Gasteiger partial charge is 0.227 e. The van der Waals surface area contributed by atoms with Gasteiger partial charge in [0.25, 0.3) is 0 Å². The lowest BCUT2D eigenvalue weighted by atomic mass is 9.87. The van der Waals surface area contributed by atoms with Crippen molar-refractivity contribution in [1.29, 1.82) is 0 Å². The summed E-state index contributed by atoms with van der Waals surface area (Å²) in [5.74, 6) is 2.56. The van der Waals surface area contributed by atoms with Crippen LogP contribution in [0.2, 0.25) is 0 Å². The molecule has 0 saturated carbocycles. The lowest BCUT2D eigenvalue weighted by Crippen LogP contribution is -2.35. The number of hydrogen-bond acceptors (Lipinski definition) is 5. The van der Waals surface area contributed by atoms with Crippen LogP contribution in [0.1, 0.15) is 42.2 Å². The highest BCUT2D eigenvalue weighted by molar-refractivity contribution is 7.08. The van der Waals surface area contributed by atoms with Gasteiger partial charge >= 0.3 is 0 Å². The average molecular weight is 444 g/mol. The third-order valence-electron chi connectivity index (χ3n) is 6.56. The maximum absolute atomic E-state index is 5.52. The molecule has 1 saturated heterocycles. The molecule has 0 radical (unpaired) electrons. The van der Waals surface area contributed by atoms with Gasteiger partial charge in [0.05, 0.1) is 0 Å². The monoisotopic (exact) mass is 443 g/mol. The van der Waals surface area contributed by atoms with Gasteiger partial charge in [-0.05, 0) is 67.4 Å². The summed E-state index contributed by atoms with van der Waals surface area (Å²) in [6, 6.07) is 23.9. The number of piperidine rings is 1. The molecule has 2 aromatic carbocycles. The van der Waals surface area contributed by atoms with E-state index < -0.39 is 0 Å². The molecule has 2 aromatic heterocycles. The molecule has 1 fully saturated rings. The van der Waals surface area contributed by atoms with Crippen LogP contribution in [0.5, 0.6) is 0 Å². The highest BCUT2D eigenvalue weighted by Crippen LogP contribution is 2.29. The molecule has 4 nitrogen and oxygen atoms in total. The molecule has 32 heavy (non-hydrogen) atoms. The minimum atomic E-state index is 0.448. The lowest BCUT2D eigenvalue weighted by Gasteiger charge is -2.32. The molecule has 0 bridgehead atoms. The molecule has 3 heterocycles. The van der Waals surface area contributed by atoms with E-state index in [9.17, 15) is 0 Å². The number of rotatable bonds is 8. The van der Waals surface area contributed by atoms with Gasteiger partial charge in [-0.2, -0.15) is 16.3 Å². The molecule has 0 spiro atoms. The summed E-state index contributed by atoms with van der Waals surface area (Å²) in [6.07, 6.45) is 4.42. The first-order chi connectivity index (χ1) is 15.8. The zero-order valence-corrected chi connectivity index (χ0v) is 19.1. The van der Waals surface area contributed by atoms with E-state index >= 15 is 0 Å². The van der Waals surface area contributed by atoms with Gasteiger partial charge in [-0.15, -0.1) is 0 Å². The molecular weight excluding hydrogens is 414 g/mol. The molecule has 0 unspecified atom stereocenters. The number of nitrogens with zero attached hydrogens (tertiary/aromatic N) is 3. The van der Waals surface area contributed by atoms with E-state index in [4.69, 9.17) is 4.52 Å². The van der Waals surface area contributed by atoms with Gasteiger partial charge in [-0.3, -0.25) is 0 Å². The number of benzene rings is 2. The van der Waals surface area contributed by atoms with Crippen molar-refractivity contribution in [2.45, 2.75) is 31.6 Å². The zero-order chi connectivity index (χ0) is 21.6. The largest absolute Gasteiger partial charge is 0.339 e. The Morgan fingerprint density at radius 3 is 2.25 bits per heavy atom. The third-order valence-corrected chi connectivity index (χ3v) is 7.24. The molecule has 0 amide bonds. The second-order valence-corrected chi connectivity index (χ2v) is 9.46. The maximum Gasteiger partial charge on any atom is 0.227 e. The Labute approximate surface area is 193 Å². The van der Waals surface area contributed by atoms with Gasteiger partial charge in [-0.1, -0.05) is 65.8 Å². The van der Waals surface area contributed by atoms with E-state index in [0.717, 1.165) is 43.9 Å². The molecule has 0 atom stereocenters. The van der Waals surface area contributed by atoms with Crippen molar-refractivity contribution >= 4 is 11.3 Å². The summed E-state index contributed by atoms with van der Waals surface area (Å²) < 4.78 is 5.52. The van der Waals surface area contributed by atoms with Gasteiger partial charge < -0.3 is 9.42 Å². The fourth-order valence-corrected chi connectivity index (χ4v) is 5.35. The number of hydrogen-bond donors (Lipinski definition) is 0. The number of likely N-dealkylation sites (tertiary alicyclic amines) is 1. The van der Waals surface area contributed by atoms with E-state index in [2.05, 4.69) is 81.1 Å². The first kappa shape index (κ1) is 21.1. The van der Waals surface area contributed by atoms with Crippen LogP contribution < -0.4 is 0 Å². The van der Waals surface area contributed by atoms with Gasteiger partial charge in [0.2, 0.25) is 11.7 Å². The zero-order valence-electron chi connectivity index (χ0n) is 18.3. The van der Waals surface area contributed by atoms with E-state index in [1.807, 2.05) is 11.4 Å². The van der Waals surface area contributed by atoms with Crippen LogP contribution in [0, 0.1) is 5.92 Å². The summed E-state index contributed by atoms with van der Waals surface area (Å²) in [4.78, 5) is 7.23. The first-order valence-electron chi connectivity index (χ1n) is 11.5. The van der Waals surface area contributed by atoms with Crippen molar-refractivity contribution in [3.8, 4) is 11.4 Å². The molecule has 1 aliphatic rings. The average Bonchev–Trinajstić information content (AvgIpc) is 3.54. The van der Waals surface area contributed by atoms with Crippen LogP contribution in [0.25, 0.3) is 11.4 Å². The van der Waals surface area contributed by atoms with Gasteiger partial charge in [0.15, 0.2) is 0 Å². The van der Waals surface area contributed by atoms with Crippen molar-refractivity contribution in [2.24, 2.45) is 5.92 Å². The molecule has 5 rings (SSSR count). The first-order valence-corrected chi connectivity index (χ1v) is 12.5. The molecule has 0 N–H and O–H groups in total. The minimum Gasteiger partial charge on any atom is -0.339 e. The van der Waals surface area contributed by atoms with Crippen molar-refractivity contribution < 1.29 is 4.52 Å². The van der Waals surface area contributed by atoms with E-state index in [1.165, 1.54) is 24.0 Å². The number of thiophene rings is 1. The second kappa shape index (κ2) is 10.2. The molecule has 1 aliphatic heterocycles. The minimum absolute atomic E-state index is 0.448. The Hall–Kier alpha value is -2.76. The predicted molar refractivity (Wildman–Crippen MR) is 130 cm³/mol. The van der Waals surface area contributed by atoms with E-state index in [0.29, 0.717) is 17.7 Å². The summed E-state index contributed by atoms with van der Waals surface area (Å²) >= 11 is 1.66. The Bertz CT molecular complexity index is 1030. The Morgan fingerprint density at radius 2 is 1.62 bits per heavy atom. The summed E-state index contributed by atoms with van der Waals surface area (Å²) in [7, 11) is 0. The summed E-state index contributed by atoms with van der Waals surface area (Å²) in [5, 5.41) is 8.26. The van der Waals surface area contributed by atoms with E-state index in [-0.39, 0.29) is 0 Å². The van der Waals surface area contributed by atoms with Crippen LogP contribution in [-0.4, -0.2) is 34.7 Å². The highest BCUT2D eigenvalue weighted by Gasteiger charge is 2.23. The van der Waals surface area contributed by atoms with E-state index in [1.54, 1.807) is 11.3 Å². The molecule has 4 aromatic rings. The van der Waals surface area contributed by atoms with Crippen molar-refractivity contribution in [1.82, 2.24) is 15.0 Å². The molecule has 164 valence electrons. The van der Waals surface area contributed by atoms with Crippen molar-refractivity contribution in [3.63, 3.8) is 0 Å². The maximum atomic E-state index is 5.52. The van der Waals surface area contributed by atoms with Crippen LogP contribution >= 0.6 is 11.3 Å². The fraction of sp³-hybridized carbons (Fsp3) is 0.333. The molecule has 0 aliphatic carbocycles. The van der Waals surface area contributed by atoms with Gasteiger partial charge in [0.1, 0.15) is 0 Å². The SMILES string of the molecule is c1ccc(C(CCN2CCC(Cc3nc(-c4ccsc4)no3)CC2)c2ccccc2)cc1. The number of aromatic nitrogens is 2. The summed E-state index contributed by atoms with van der Waals surface area (Å²) in [6.45, 7) is 3.42. The van der Waals surface area contributed by atoms with Gasteiger partial charge in [0, 0.05) is 23.3 Å². The Kier molecular flexibility index (Phi) is 6.75. The van der Waals surface area contributed by atoms with Gasteiger partial charge in [-0.25, -0.2) is 0 Å². The fourth-order valence-electron chi connectivity index (χ4n) is 4.72. The molecular formula is C27H29N3OS.